The van der Waals surface area contributed by atoms with Crippen molar-refractivity contribution in [2.24, 2.45) is 5.92 Å². The lowest BCUT2D eigenvalue weighted by molar-refractivity contribution is 0.474. The minimum absolute atomic E-state index is 0.106. The number of hydrogen-bond acceptors (Lipinski definition) is 3. The van der Waals surface area contributed by atoms with E-state index in [9.17, 15) is 4.79 Å². The van der Waals surface area contributed by atoms with Gasteiger partial charge in [-0.25, -0.2) is 9.89 Å². The fourth-order valence-corrected chi connectivity index (χ4v) is 1.71. The Morgan fingerprint density at radius 1 is 1.69 bits per heavy atom. The molecule has 1 fully saturated rings. The molecule has 2 rings (SSSR count). The molecule has 72 valence electrons. The monoisotopic (exact) mass is 182 g/mol. The number of nitrogens with one attached hydrogen (secondary N) is 2. The minimum Gasteiger partial charge on any atom is -0.316 e. The average molecular weight is 182 g/mol. The van der Waals surface area contributed by atoms with Gasteiger partial charge in [0.2, 0.25) is 0 Å². The smallest absolute Gasteiger partial charge is 0.316 e. The van der Waals surface area contributed by atoms with Crippen LogP contribution in [-0.4, -0.2) is 27.9 Å². The van der Waals surface area contributed by atoms with Crippen LogP contribution in [0.4, 0.5) is 0 Å². The first-order chi connectivity index (χ1) is 6.36. The Bertz CT molecular complexity index is 310. The lowest BCUT2D eigenvalue weighted by Gasteiger charge is -2.06. The minimum atomic E-state index is -0.106. The molecule has 1 aromatic heterocycles. The Kier molecular flexibility index (Phi) is 2.44. The fraction of sp³-hybridized carbons (Fsp3) is 0.750. The summed E-state index contributed by atoms with van der Waals surface area (Å²) in [6.45, 7) is 2.99. The second-order valence-electron chi connectivity index (χ2n) is 3.50. The number of hydrogen-bond donors (Lipinski definition) is 2. The summed E-state index contributed by atoms with van der Waals surface area (Å²) in [6, 6.07) is 0. The molecule has 13 heavy (non-hydrogen) atoms. The van der Waals surface area contributed by atoms with E-state index in [-0.39, 0.29) is 5.69 Å². The standard InChI is InChI=1S/C8H14N4O/c13-8-11-10-6-12(8)4-2-7-1-3-9-5-7/h6-7,9H,1-5H2,(H,11,13). The molecule has 0 saturated carbocycles. The zero-order chi connectivity index (χ0) is 9.10. The van der Waals surface area contributed by atoms with Crippen LogP contribution in [0.2, 0.25) is 0 Å². The van der Waals surface area contributed by atoms with E-state index in [2.05, 4.69) is 15.5 Å². The number of aromatic nitrogens is 3. The fourth-order valence-electron chi connectivity index (χ4n) is 1.71. The van der Waals surface area contributed by atoms with Crippen LogP contribution in [0.1, 0.15) is 12.8 Å². The quantitative estimate of drug-likeness (QED) is 0.667. The molecule has 5 heteroatoms. The normalized spacial score (nSPS) is 22.3. The molecule has 1 aromatic rings. The van der Waals surface area contributed by atoms with E-state index in [4.69, 9.17) is 0 Å². The van der Waals surface area contributed by atoms with Crippen LogP contribution >= 0.6 is 0 Å². The summed E-state index contributed by atoms with van der Waals surface area (Å²) in [5.74, 6) is 0.724. The van der Waals surface area contributed by atoms with Gasteiger partial charge in [0.1, 0.15) is 6.33 Å². The summed E-state index contributed by atoms with van der Waals surface area (Å²) in [5.41, 5.74) is -0.106. The maximum atomic E-state index is 11.1. The third-order valence-corrected chi connectivity index (χ3v) is 2.56. The number of nitrogens with zero attached hydrogens (tertiary/aromatic N) is 2. The van der Waals surface area contributed by atoms with E-state index in [0.717, 1.165) is 32.0 Å². The van der Waals surface area contributed by atoms with Gasteiger partial charge in [0.15, 0.2) is 0 Å². The highest BCUT2D eigenvalue weighted by molar-refractivity contribution is 4.72. The van der Waals surface area contributed by atoms with Crippen LogP contribution in [0.15, 0.2) is 11.1 Å². The highest BCUT2D eigenvalue weighted by Gasteiger charge is 2.14. The summed E-state index contributed by atoms with van der Waals surface area (Å²) in [5, 5.41) is 9.37. The van der Waals surface area contributed by atoms with Crippen LogP contribution < -0.4 is 11.0 Å². The summed E-state index contributed by atoms with van der Waals surface area (Å²) in [6.07, 6.45) is 3.85. The van der Waals surface area contributed by atoms with Crippen molar-refractivity contribution in [3.63, 3.8) is 0 Å². The van der Waals surface area contributed by atoms with Crippen LogP contribution in [0, 0.1) is 5.92 Å². The molecular formula is C8H14N4O. The Labute approximate surface area is 76.2 Å². The summed E-state index contributed by atoms with van der Waals surface area (Å²) >= 11 is 0. The highest BCUT2D eigenvalue weighted by Crippen LogP contribution is 2.12. The van der Waals surface area contributed by atoms with E-state index in [0.29, 0.717) is 0 Å². The van der Waals surface area contributed by atoms with E-state index in [1.165, 1.54) is 6.42 Å². The van der Waals surface area contributed by atoms with Gasteiger partial charge in [-0.3, -0.25) is 4.57 Å². The second-order valence-corrected chi connectivity index (χ2v) is 3.50. The van der Waals surface area contributed by atoms with Crippen molar-refractivity contribution in [1.82, 2.24) is 20.1 Å². The first-order valence-electron chi connectivity index (χ1n) is 4.67. The maximum Gasteiger partial charge on any atom is 0.343 e. The van der Waals surface area contributed by atoms with Crippen molar-refractivity contribution in [2.75, 3.05) is 13.1 Å². The molecule has 0 spiro atoms. The van der Waals surface area contributed by atoms with Gasteiger partial charge in [0.05, 0.1) is 0 Å². The van der Waals surface area contributed by atoms with E-state index < -0.39 is 0 Å². The molecule has 1 unspecified atom stereocenters. The summed E-state index contributed by atoms with van der Waals surface area (Å²) in [7, 11) is 0. The molecule has 2 heterocycles. The van der Waals surface area contributed by atoms with Gasteiger partial charge in [-0.1, -0.05) is 0 Å². The van der Waals surface area contributed by atoms with Gasteiger partial charge in [-0.05, 0) is 31.8 Å². The Hall–Kier alpha value is -1.10. The number of aromatic amines is 1. The van der Waals surface area contributed by atoms with Gasteiger partial charge in [-0.15, -0.1) is 0 Å². The Morgan fingerprint density at radius 2 is 2.62 bits per heavy atom. The van der Waals surface area contributed by atoms with Crippen molar-refractivity contribution in [3.8, 4) is 0 Å². The van der Waals surface area contributed by atoms with Crippen molar-refractivity contribution >= 4 is 0 Å². The van der Waals surface area contributed by atoms with E-state index in [1.54, 1.807) is 10.9 Å². The predicted octanol–water partition coefficient (Wildman–Crippen LogP) is -0.429. The lowest BCUT2D eigenvalue weighted by Crippen LogP contribution is -2.18. The summed E-state index contributed by atoms with van der Waals surface area (Å²) in [4.78, 5) is 11.1. The van der Waals surface area contributed by atoms with Crippen molar-refractivity contribution in [3.05, 3.63) is 16.8 Å². The average Bonchev–Trinajstić information content (AvgIpc) is 2.72. The molecule has 0 radical (unpaired) electrons. The SMILES string of the molecule is O=c1[nH]ncn1CCC1CCNC1. The second kappa shape index (κ2) is 3.74. The van der Waals surface area contributed by atoms with Gasteiger partial charge in [-0.2, -0.15) is 5.10 Å². The topological polar surface area (TPSA) is 62.7 Å². The van der Waals surface area contributed by atoms with Crippen molar-refractivity contribution in [1.29, 1.82) is 0 Å². The maximum absolute atomic E-state index is 11.1. The molecule has 0 bridgehead atoms. The van der Waals surface area contributed by atoms with Gasteiger partial charge in [0.25, 0.3) is 0 Å². The zero-order valence-electron chi connectivity index (χ0n) is 7.49. The lowest BCUT2D eigenvalue weighted by atomic mass is 10.1. The van der Waals surface area contributed by atoms with E-state index >= 15 is 0 Å². The van der Waals surface area contributed by atoms with Gasteiger partial charge in [0, 0.05) is 6.54 Å². The zero-order valence-corrected chi connectivity index (χ0v) is 7.49. The third-order valence-electron chi connectivity index (χ3n) is 2.56. The molecule has 1 aliphatic rings. The largest absolute Gasteiger partial charge is 0.343 e. The Morgan fingerprint density at radius 3 is 3.23 bits per heavy atom. The molecule has 2 N–H and O–H groups in total. The van der Waals surface area contributed by atoms with E-state index in [1.807, 2.05) is 0 Å². The molecule has 1 atom stereocenters. The van der Waals surface area contributed by atoms with Crippen LogP contribution in [0.3, 0.4) is 0 Å². The van der Waals surface area contributed by atoms with Crippen molar-refractivity contribution in [2.45, 2.75) is 19.4 Å². The van der Waals surface area contributed by atoms with Crippen LogP contribution in [-0.2, 0) is 6.54 Å². The molecular weight excluding hydrogens is 168 g/mol. The molecule has 1 aliphatic heterocycles. The first kappa shape index (κ1) is 8.50. The van der Waals surface area contributed by atoms with Gasteiger partial charge >= 0.3 is 5.69 Å². The molecule has 1 saturated heterocycles. The summed E-state index contributed by atoms with van der Waals surface area (Å²) < 4.78 is 1.62. The number of aryl methyl sites for hydroxylation is 1. The van der Waals surface area contributed by atoms with Crippen LogP contribution in [0.25, 0.3) is 0 Å². The third kappa shape index (κ3) is 1.98. The van der Waals surface area contributed by atoms with Crippen LogP contribution in [0.5, 0.6) is 0 Å². The number of rotatable bonds is 3. The Balaban J connectivity index is 1.85. The highest BCUT2D eigenvalue weighted by atomic mass is 16.1. The predicted molar refractivity (Wildman–Crippen MR) is 48.4 cm³/mol. The first-order valence-corrected chi connectivity index (χ1v) is 4.67. The molecule has 5 nitrogen and oxygen atoms in total. The molecule has 0 amide bonds. The van der Waals surface area contributed by atoms with Gasteiger partial charge < -0.3 is 5.32 Å². The van der Waals surface area contributed by atoms with Crippen molar-refractivity contribution < 1.29 is 0 Å². The number of H-pyrrole nitrogens is 1. The molecule has 0 aromatic carbocycles. The molecule has 0 aliphatic carbocycles.